The zero-order valence-corrected chi connectivity index (χ0v) is 17.8. The van der Waals surface area contributed by atoms with Crippen LogP contribution >= 0.6 is 36.4 Å². The van der Waals surface area contributed by atoms with Crippen LogP contribution in [0.5, 0.6) is 5.75 Å². The van der Waals surface area contributed by atoms with E-state index >= 15 is 0 Å². The van der Waals surface area contributed by atoms with Gasteiger partial charge in [-0.3, -0.25) is 9.69 Å². The van der Waals surface area contributed by atoms with Crippen molar-refractivity contribution in [1.29, 1.82) is 0 Å². The van der Waals surface area contributed by atoms with Crippen LogP contribution in [-0.4, -0.2) is 68.8 Å². The highest BCUT2D eigenvalue weighted by Gasteiger charge is 2.30. The molecular weight excluding hydrogens is 401 g/mol. The van der Waals surface area contributed by atoms with Crippen LogP contribution in [0.2, 0.25) is 5.02 Å². The lowest BCUT2D eigenvalue weighted by Crippen LogP contribution is -2.55. The number of amides is 1. The van der Waals surface area contributed by atoms with Gasteiger partial charge in [0.05, 0.1) is 30.0 Å². The molecule has 1 aliphatic rings. The quantitative estimate of drug-likeness (QED) is 0.706. The molecule has 1 aliphatic heterocycles. The van der Waals surface area contributed by atoms with Gasteiger partial charge in [0.15, 0.2) is 0 Å². The van der Waals surface area contributed by atoms with Gasteiger partial charge in [-0.2, -0.15) is 0 Å². The number of nitrogens with zero attached hydrogens (tertiary/aromatic N) is 2. The Kier molecular flexibility index (Phi) is 11.3. The first-order valence-electron chi connectivity index (χ1n) is 8.17. The number of methoxy groups -OCH3 is 2. The second-order valence-corrected chi connectivity index (χ2v) is 6.32. The molecule has 0 spiro atoms. The van der Waals surface area contributed by atoms with E-state index < -0.39 is 0 Å². The minimum absolute atomic E-state index is 0. The molecule has 150 valence electrons. The number of carbonyl (C=O) groups excluding carboxylic acids is 1. The molecule has 0 radical (unpaired) electrons. The highest BCUT2D eigenvalue weighted by Crippen LogP contribution is 2.30. The van der Waals surface area contributed by atoms with E-state index in [0.29, 0.717) is 47.8 Å². The summed E-state index contributed by atoms with van der Waals surface area (Å²) in [4.78, 5) is 17.2. The number of rotatable bonds is 6. The van der Waals surface area contributed by atoms with Crippen molar-refractivity contribution in [2.45, 2.75) is 19.4 Å². The Morgan fingerprint density at radius 3 is 2.58 bits per heavy atom. The summed E-state index contributed by atoms with van der Waals surface area (Å²) >= 11 is 6.09. The van der Waals surface area contributed by atoms with Crippen LogP contribution < -0.4 is 10.5 Å². The molecule has 1 unspecified atom stereocenters. The van der Waals surface area contributed by atoms with Crippen LogP contribution in [0.1, 0.15) is 23.7 Å². The van der Waals surface area contributed by atoms with Gasteiger partial charge in [-0.15, -0.1) is 24.8 Å². The second-order valence-electron chi connectivity index (χ2n) is 5.92. The Morgan fingerprint density at radius 1 is 1.31 bits per heavy atom. The molecule has 2 rings (SSSR count). The van der Waals surface area contributed by atoms with E-state index in [2.05, 4.69) is 11.8 Å². The minimum atomic E-state index is -0.0707. The lowest BCUT2D eigenvalue weighted by Gasteiger charge is -2.41. The maximum Gasteiger partial charge on any atom is 0.257 e. The summed E-state index contributed by atoms with van der Waals surface area (Å²) in [7, 11) is 3.23. The molecule has 1 fully saturated rings. The molecule has 1 saturated heterocycles. The molecule has 0 aromatic heterocycles. The topological polar surface area (TPSA) is 68.0 Å². The Labute approximate surface area is 172 Å². The Hall–Kier alpha value is -0.920. The zero-order valence-electron chi connectivity index (χ0n) is 15.4. The monoisotopic (exact) mass is 427 g/mol. The van der Waals surface area contributed by atoms with E-state index in [4.69, 9.17) is 26.8 Å². The van der Waals surface area contributed by atoms with Crippen molar-refractivity contribution in [3.8, 4) is 5.75 Å². The fourth-order valence-corrected chi connectivity index (χ4v) is 3.21. The third kappa shape index (κ3) is 5.79. The number of benzene rings is 1. The number of hydrogen-bond acceptors (Lipinski definition) is 5. The van der Waals surface area contributed by atoms with Crippen LogP contribution in [0.3, 0.4) is 0 Å². The predicted octanol–water partition coefficient (Wildman–Crippen LogP) is 2.96. The lowest BCUT2D eigenvalue weighted by molar-refractivity contribution is 0.0382. The molecule has 1 aromatic rings. The molecule has 1 amide bonds. The number of piperazine rings is 1. The Morgan fingerprint density at radius 2 is 2.00 bits per heavy atom. The van der Waals surface area contributed by atoms with Crippen molar-refractivity contribution in [3.05, 3.63) is 22.7 Å². The van der Waals surface area contributed by atoms with Crippen LogP contribution in [0.4, 0.5) is 5.69 Å². The van der Waals surface area contributed by atoms with E-state index in [0.717, 1.165) is 19.5 Å². The number of halogens is 3. The van der Waals surface area contributed by atoms with Gasteiger partial charge in [-0.05, 0) is 12.5 Å². The first-order chi connectivity index (χ1) is 11.5. The zero-order chi connectivity index (χ0) is 17.7. The van der Waals surface area contributed by atoms with Crippen molar-refractivity contribution >= 4 is 48.0 Å². The Balaban J connectivity index is 0.00000312. The molecule has 0 aliphatic carbocycles. The van der Waals surface area contributed by atoms with Crippen LogP contribution in [0, 0.1) is 0 Å². The standard InChI is InChI=1S/C17H26ClN3O3.2ClH/c1-4-12-11-21(6-5-20(12)7-8-23-2)17(22)13-9-14(18)15(19)10-16(13)24-3;;/h9-10,12H,4-8,11,19H2,1-3H3;2*1H. The van der Waals surface area contributed by atoms with Gasteiger partial charge in [0.1, 0.15) is 5.75 Å². The van der Waals surface area contributed by atoms with Gasteiger partial charge < -0.3 is 20.1 Å². The smallest absolute Gasteiger partial charge is 0.257 e. The SMILES string of the molecule is CCC1CN(C(=O)c2cc(Cl)c(N)cc2OC)CCN1CCOC.Cl.Cl. The molecule has 6 nitrogen and oxygen atoms in total. The number of nitrogens with two attached hydrogens (primary N) is 1. The molecule has 1 atom stereocenters. The Bertz CT molecular complexity index is 590. The molecule has 0 saturated carbocycles. The largest absolute Gasteiger partial charge is 0.496 e. The third-order valence-electron chi connectivity index (χ3n) is 4.49. The van der Waals surface area contributed by atoms with Gasteiger partial charge in [-0.25, -0.2) is 0 Å². The average Bonchev–Trinajstić information content (AvgIpc) is 2.61. The van der Waals surface area contributed by atoms with Crippen LogP contribution in [0.15, 0.2) is 12.1 Å². The summed E-state index contributed by atoms with van der Waals surface area (Å²) in [6.07, 6.45) is 0.979. The maximum atomic E-state index is 12.9. The number of carbonyl (C=O) groups is 1. The van der Waals surface area contributed by atoms with Crippen molar-refractivity contribution in [1.82, 2.24) is 9.80 Å². The van der Waals surface area contributed by atoms with Crippen molar-refractivity contribution in [3.63, 3.8) is 0 Å². The summed E-state index contributed by atoms with van der Waals surface area (Å²) in [5, 5.41) is 0.366. The van der Waals surface area contributed by atoms with E-state index in [9.17, 15) is 4.79 Å². The van der Waals surface area contributed by atoms with Gasteiger partial charge in [-0.1, -0.05) is 18.5 Å². The first kappa shape index (κ1) is 25.1. The van der Waals surface area contributed by atoms with Gasteiger partial charge >= 0.3 is 0 Å². The van der Waals surface area contributed by atoms with E-state index in [1.54, 1.807) is 19.2 Å². The first-order valence-corrected chi connectivity index (χ1v) is 8.54. The minimum Gasteiger partial charge on any atom is -0.496 e. The molecule has 0 bridgehead atoms. The highest BCUT2D eigenvalue weighted by molar-refractivity contribution is 6.33. The summed E-state index contributed by atoms with van der Waals surface area (Å²) in [6, 6.07) is 3.52. The normalized spacial score (nSPS) is 17.2. The van der Waals surface area contributed by atoms with Gasteiger partial charge in [0.25, 0.3) is 5.91 Å². The average molecular weight is 429 g/mol. The summed E-state index contributed by atoms with van der Waals surface area (Å²) < 4.78 is 10.5. The molecule has 1 aromatic carbocycles. The predicted molar refractivity (Wildman–Crippen MR) is 110 cm³/mol. The lowest BCUT2D eigenvalue weighted by atomic mass is 10.1. The van der Waals surface area contributed by atoms with E-state index in [1.807, 2.05) is 4.90 Å². The molecule has 26 heavy (non-hydrogen) atoms. The third-order valence-corrected chi connectivity index (χ3v) is 4.82. The molecular formula is C17H28Cl3N3O3. The van der Waals surface area contributed by atoms with E-state index in [-0.39, 0.29) is 30.7 Å². The fraction of sp³-hybridized carbons (Fsp3) is 0.588. The van der Waals surface area contributed by atoms with Crippen molar-refractivity contribution in [2.24, 2.45) is 0 Å². The van der Waals surface area contributed by atoms with Crippen molar-refractivity contribution in [2.75, 3.05) is 52.7 Å². The summed E-state index contributed by atoms with van der Waals surface area (Å²) in [6.45, 7) is 5.91. The van der Waals surface area contributed by atoms with E-state index in [1.165, 1.54) is 7.11 Å². The highest BCUT2D eigenvalue weighted by atomic mass is 35.5. The molecule has 2 N–H and O–H groups in total. The van der Waals surface area contributed by atoms with Crippen LogP contribution in [0.25, 0.3) is 0 Å². The fourth-order valence-electron chi connectivity index (χ4n) is 3.04. The van der Waals surface area contributed by atoms with Gasteiger partial charge in [0, 0.05) is 45.4 Å². The summed E-state index contributed by atoms with van der Waals surface area (Å²) in [5.74, 6) is 0.385. The second kappa shape index (κ2) is 11.7. The van der Waals surface area contributed by atoms with Crippen molar-refractivity contribution < 1.29 is 14.3 Å². The maximum absolute atomic E-state index is 12.9. The number of anilines is 1. The number of hydrogen-bond donors (Lipinski definition) is 1. The summed E-state index contributed by atoms with van der Waals surface area (Å²) in [5.41, 5.74) is 6.66. The molecule has 9 heteroatoms. The van der Waals surface area contributed by atoms with Gasteiger partial charge in [0.2, 0.25) is 0 Å². The van der Waals surface area contributed by atoms with Crippen LogP contribution in [-0.2, 0) is 4.74 Å². The molecule has 1 heterocycles. The number of ether oxygens (including phenoxy) is 2. The number of nitrogen functional groups attached to an aromatic ring is 1.